The van der Waals surface area contributed by atoms with Gasteiger partial charge in [-0.05, 0) is 36.8 Å². The molecule has 0 spiro atoms. The van der Waals surface area contributed by atoms with E-state index < -0.39 is 38.8 Å². The maximum Gasteiger partial charge on any atom is 0.183 e. The molecule has 0 unspecified atom stereocenters. The second-order valence-corrected chi connectivity index (χ2v) is 8.19. The van der Waals surface area contributed by atoms with Crippen molar-refractivity contribution in [2.24, 2.45) is 5.41 Å². The highest BCUT2D eigenvalue weighted by Crippen LogP contribution is 2.63. The summed E-state index contributed by atoms with van der Waals surface area (Å²) in [6.45, 7) is 1.28. The van der Waals surface area contributed by atoms with Gasteiger partial charge >= 0.3 is 0 Å². The summed E-state index contributed by atoms with van der Waals surface area (Å²) in [5, 5.41) is 18.2. The highest BCUT2D eigenvalue weighted by molar-refractivity contribution is 7.92. The van der Waals surface area contributed by atoms with Gasteiger partial charge in [-0.15, -0.1) is 0 Å². The summed E-state index contributed by atoms with van der Waals surface area (Å²) >= 11 is 0. The number of aryl methyl sites for hydroxylation is 1. The van der Waals surface area contributed by atoms with Crippen LogP contribution in [0.5, 0.6) is 0 Å². The predicted octanol–water partition coefficient (Wildman–Crippen LogP) is 2.58. The third-order valence-electron chi connectivity index (χ3n) is 4.64. The quantitative estimate of drug-likeness (QED) is 0.924. The first-order chi connectivity index (χ1) is 11.4. The molecule has 4 nitrogen and oxygen atoms in total. The van der Waals surface area contributed by atoms with E-state index >= 15 is 0 Å². The molecule has 1 aliphatic rings. The molecular formula is C18H16FNO3S. The van der Waals surface area contributed by atoms with E-state index in [1.807, 2.05) is 13.0 Å². The topological polar surface area (TPSA) is 78.2 Å². The van der Waals surface area contributed by atoms with E-state index in [1.165, 1.54) is 36.4 Å². The largest absolute Gasteiger partial charge is 0.395 e. The molecular weight excluding hydrogens is 329 g/mol. The molecule has 124 valence electrons. The Morgan fingerprint density at radius 2 is 1.75 bits per heavy atom. The van der Waals surface area contributed by atoms with Gasteiger partial charge in [0.25, 0.3) is 0 Å². The van der Waals surface area contributed by atoms with Crippen molar-refractivity contribution in [1.82, 2.24) is 0 Å². The third kappa shape index (κ3) is 2.41. The van der Waals surface area contributed by atoms with Gasteiger partial charge in [0.15, 0.2) is 9.84 Å². The maximum atomic E-state index is 13.1. The van der Waals surface area contributed by atoms with E-state index in [9.17, 15) is 23.2 Å². The Labute approximate surface area is 140 Å². The first kappa shape index (κ1) is 16.6. The first-order valence-electron chi connectivity index (χ1n) is 7.45. The zero-order chi connectivity index (χ0) is 17.5. The molecule has 0 saturated heterocycles. The Bertz CT molecular complexity index is 901. The third-order valence-corrected chi connectivity index (χ3v) is 6.93. The molecule has 0 heterocycles. The Morgan fingerprint density at radius 3 is 2.25 bits per heavy atom. The second-order valence-electron chi connectivity index (χ2n) is 6.12. The summed E-state index contributed by atoms with van der Waals surface area (Å²) in [6.07, 6.45) is 0. The Hall–Kier alpha value is -2.23. The molecule has 1 N–H and O–H groups in total. The van der Waals surface area contributed by atoms with Crippen molar-refractivity contribution in [1.29, 1.82) is 5.26 Å². The highest BCUT2D eigenvalue weighted by Gasteiger charge is 2.72. The fraction of sp³-hybridized carbons (Fsp3) is 0.278. The Balaban J connectivity index is 2.06. The van der Waals surface area contributed by atoms with Crippen molar-refractivity contribution in [3.05, 3.63) is 65.5 Å². The van der Waals surface area contributed by atoms with E-state index in [2.05, 4.69) is 0 Å². The van der Waals surface area contributed by atoms with E-state index in [0.29, 0.717) is 5.56 Å². The minimum atomic E-state index is -3.80. The van der Waals surface area contributed by atoms with Crippen LogP contribution in [0.25, 0.3) is 0 Å². The van der Waals surface area contributed by atoms with Crippen molar-refractivity contribution in [3.8, 4) is 6.07 Å². The lowest BCUT2D eigenvalue weighted by Gasteiger charge is -2.06. The highest BCUT2D eigenvalue weighted by atomic mass is 32.2. The number of rotatable bonds is 4. The van der Waals surface area contributed by atoms with Crippen LogP contribution in [0.4, 0.5) is 4.39 Å². The van der Waals surface area contributed by atoms with Crippen LogP contribution < -0.4 is 0 Å². The van der Waals surface area contributed by atoms with Crippen LogP contribution in [-0.4, -0.2) is 25.4 Å². The van der Waals surface area contributed by atoms with Crippen LogP contribution in [0, 0.1) is 29.5 Å². The SMILES string of the molecule is Cc1ccc(S(=O)(=O)[C@@H]2[C@H](c3ccc(F)cc3)[C@@]2(C#N)CO)cc1. The standard InChI is InChI=1S/C18H16FNO3S/c1-12-2-8-15(9-3-12)24(22,23)17-16(18(17,10-20)11-21)13-4-6-14(19)7-5-13/h2-9,16-17,21H,11H2,1H3/t16-,17+,18+/m0/s1. The van der Waals surface area contributed by atoms with Gasteiger partial charge in [0.2, 0.25) is 0 Å². The van der Waals surface area contributed by atoms with Gasteiger partial charge in [-0.2, -0.15) is 5.26 Å². The number of nitriles is 1. The van der Waals surface area contributed by atoms with Crippen LogP contribution in [0.15, 0.2) is 53.4 Å². The number of hydrogen-bond acceptors (Lipinski definition) is 4. The Kier molecular flexibility index (Phi) is 3.94. The number of sulfone groups is 1. The van der Waals surface area contributed by atoms with E-state index in [0.717, 1.165) is 5.56 Å². The van der Waals surface area contributed by atoms with Gasteiger partial charge in [0.1, 0.15) is 11.2 Å². The number of aliphatic hydroxyl groups is 1. The normalized spacial score (nSPS) is 25.9. The summed E-state index contributed by atoms with van der Waals surface area (Å²) < 4.78 is 39.0. The monoisotopic (exact) mass is 345 g/mol. The van der Waals surface area contributed by atoms with Crippen molar-refractivity contribution >= 4 is 9.84 Å². The van der Waals surface area contributed by atoms with E-state index in [1.54, 1.807) is 12.1 Å². The summed E-state index contributed by atoms with van der Waals surface area (Å²) in [5.41, 5.74) is 0.0582. The van der Waals surface area contributed by atoms with Gasteiger partial charge in [-0.3, -0.25) is 0 Å². The minimum Gasteiger partial charge on any atom is -0.395 e. The number of hydrogen-bond donors (Lipinski definition) is 1. The smallest absolute Gasteiger partial charge is 0.183 e. The van der Waals surface area contributed by atoms with Crippen LogP contribution in [-0.2, 0) is 9.84 Å². The lowest BCUT2D eigenvalue weighted by Crippen LogP contribution is -2.18. The summed E-state index contributed by atoms with van der Waals surface area (Å²) in [5.74, 6) is -1.12. The average Bonchev–Trinajstić information content (AvgIpc) is 3.26. The van der Waals surface area contributed by atoms with Crippen molar-refractivity contribution < 1.29 is 17.9 Å². The number of halogens is 1. The molecule has 0 bridgehead atoms. The maximum absolute atomic E-state index is 13.1. The molecule has 24 heavy (non-hydrogen) atoms. The number of benzene rings is 2. The zero-order valence-electron chi connectivity index (χ0n) is 13.0. The molecule has 6 heteroatoms. The molecule has 0 radical (unpaired) electrons. The van der Waals surface area contributed by atoms with Crippen LogP contribution in [0.1, 0.15) is 17.0 Å². The summed E-state index contributed by atoms with van der Waals surface area (Å²) in [6, 6.07) is 13.7. The number of aliphatic hydroxyl groups excluding tert-OH is 1. The lowest BCUT2D eigenvalue weighted by molar-refractivity contribution is 0.242. The Morgan fingerprint density at radius 1 is 1.17 bits per heavy atom. The predicted molar refractivity (Wildman–Crippen MR) is 86.4 cm³/mol. The van der Waals surface area contributed by atoms with Gasteiger partial charge < -0.3 is 5.11 Å². The first-order valence-corrected chi connectivity index (χ1v) is 8.99. The average molecular weight is 345 g/mol. The molecule has 1 saturated carbocycles. The zero-order valence-corrected chi connectivity index (χ0v) is 13.8. The van der Waals surface area contributed by atoms with E-state index in [-0.39, 0.29) is 4.90 Å². The lowest BCUT2D eigenvalue weighted by atomic mass is 10.0. The fourth-order valence-electron chi connectivity index (χ4n) is 3.23. The van der Waals surface area contributed by atoms with Crippen LogP contribution >= 0.6 is 0 Å². The van der Waals surface area contributed by atoms with Crippen molar-refractivity contribution in [2.75, 3.05) is 6.61 Å². The number of nitrogens with zero attached hydrogens (tertiary/aromatic N) is 1. The molecule has 3 atom stereocenters. The van der Waals surface area contributed by atoms with Crippen molar-refractivity contribution in [2.45, 2.75) is 23.0 Å². The van der Waals surface area contributed by atoms with E-state index in [4.69, 9.17) is 0 Å². The summed E-state index contributed by atoms with van der Waals surface area (Å²) in [7, 11) is -3.80. The fourth-order valence-corrected chi connectivity index (χ4v) is 5.55. The van der Waals surface area contributed by atoms with Gasteiger partial charge in [0.05, 0.1) is 22.8 Å². The molecule has 2 aromatic rings. The van der Waals surface area contributed by atoms with Gasteiger partial charge in [-0.1, -0.05) is 29.8 Å². The molecule has 2 aromatic carbocycles. The van der Waals surface area contributed by atoms with Gasteiger partial charge in [0, 0.05) is 5.92 Å². The van der Waals surface area contributed by atoms with Gasteiger partial charge in [-0.25, -0.2) is 12.8 Å². The molecule has 0 amide bonds. The van der Waals surface area contributed by atoms with Crippen LogP contribution in [0.2, 0.25) is 0 Å². The molecule has 0 aromatic heterocycles. The van der Waals surface area contributed by atoms with Crippen molar-refractivity contribution in [3.63, 3.8) is 0 Å². The molecule has 0 aliphatic heterocycles. The molecule has 1 aliphatic carbocycles. The summed E-state index contributed by atoms with van der Waals surface area (Å²) in [4.78, 5) is 0.121. The van der Waals surface area contributed by atoms with Crippen LogP contribution in [0.3, 0.4) is 0 Å². The molecule has 1 fully saturated rings. The minimum absolute atomic E-state index is 0.121. The second kappa shape index (κ2) is 5.69. The molecule has 3 rings (SSSR count).